The molecule has 1 aliphatic heterocycles. The molecule has 1 heterocycles. The lowest BCUT2D eigenvalue weighted by Crippen LogP contribution is -2.46. The number of benzene rings is 1. The lowest BCUT2D eigenvalue weighted by atomic mass is 9.96. The molecule has 0 spiro atoms. The summed E-state index contributed by atoms with van der Waals surface area (Å²) in [7, 11) is 0. The molecule has 1 amide bonds. The number of piperidine rings is 1. The number of carboxylic acids is 1. The molecule has 1 aliphatic rings. The molecule has 0 unspecified atom stereocenters. The first-order valence-electron chi connectivity index (χ1n) is 7.76. The van der Waals surface area contributed by atoms with Gasteiger partial charge in [0.1, 0.15) is 5.75 Å². The Hall–Kier alpha value is -2.04. The van der Waals surface area contributed by atoms with Crippen molar-refractivity contribution in [3.63, 3.8) is 0 Å². The van der Waals surface area contributed by atoms with Gasteiger partial charge in [0.15, 0.2) is 6.10 Å². The first kappa shape index (κ1) is 16.3. The number of likely N-dealkylation sites (tertiary alicyclic amines) is 1. The van der Waals surface area contributed by atoms with Crippen LogP contribution in [0.25, 0.3) is 0 Å². The van der Waals surface area contributed by atoms with Crippen molar-refractivity contribution in [2.75, 3.05) is 13.1 Å². The van der Waals surface area contributed by atoms with Gasteiger partial charge in [-0.3, -0.25) is 9.59 Å². The van der Waals surface area contributed by atoms with Gasteiger partial charge in [0, 0.05) is 13.1 Å². The maximum atomic E-state index is 12.5. The third-order valence-corrected chi connectivity index (χ3v) is 4.07. The highest BCUT2D eigenvalue weighted by molar-refractivity contribution is 5.81. The van der Waals surface area contributed by atoms with E-state index >= 15 is 0 Å². The number of ether oxygens (including phenoxy) is 1. The molecule has 1 atom stereocenters. The van der Waals surface area contributed by atoms with Crippen molar-refractivity contribution < 1.29 is 19.4 Å². The Kier molecular flexibility index (Phi) is 5.41. The van der Waals surface area contributed by atoms with Crippen molar-refractivity contribution in [3.05, 3.63) is 29.8 Å². The van der Waals surface area contributed by atoms with Crippen LogP contribution in [0.3, 0.4) is 0 Å². The third kappa shape index (κ3) is 4.00. The fourth-order valence-electron chi connectivity index (χ4n) is 2.71. The number of hydrogen-bond acceptors (Lipinski definition) is 3. The number of carboxylic acid groups (broad SMARTS) is 1. The number of carbonyl (C=O) groups is 2. The van der Waals surface area contributed by atoms with E-state index in [-0.39, 0.29) is 11.8 Å². The second-order valence-corrected chi connectivity index (χ2v) is 5.77. The zero-order chi connectivity index (χ0) is 16.1. The smallest absolute Gasteiger partial charge is 0.306 e. The Morgan fingerprint density at radius 1 is 1.36 bits per heavy atom. The van der Waals surface area contributed by atoms with E-state index in [0.29, 0.717) is 38.1 Å². The molecule has 2 rings (SSSR count). The molecule has 5 heteroatoms. The highest BCUT2D eigenvalue weighted by Gasteiger charge is 2.30. The standard InChI is InChI=1S/C17H23NO4/c1-3-15(22-14-6-4-5-12(2)11-14)16(19)18-9-7-13(8-10-18)17(20)21/h4-6,11,13,15H,3,7-10H2,1-2H3,(H,20,21)/t15-/m1/s1. The average molecular weight is 305 g/mol. The summed E-state index contributed by atoms with van der Waals surface area (Å²) in [6.45, 7) is 4.88. The molecule has 0 aromatic heterocycles. The predicted octanol–water partition coefficient (Wildman–Crippen LogP) is 2.48. The Morgan fingerprint density at radius 3 is 2.59 bits per heavy atom. The fraction of sp³-hybridized carbons (Fsp3) is 0.529. The molecule has 1 N–H and O–H groups in total. The summed E-state index contributed by atoms with van der Waals surface area (Å²) < 4.78 is 5.83. The Labute approximate surface area is 130 Å². The van der Waals surface area contributed by atoms with Crippen molar-refractivity contribution >= 4 is 11.9 Å². The van der Waals surface area contributed by atoms with Crippen LogP contribution in [0.15, 0.2) is 24.3 Å². The van der Waals surface area contributed by atoms with Crippen LogP contribution >= 0.6 is 0 Å². The molecule has 0 saturated carbocycles. The monoisotopic (exact) mass is 305 g/mol. The summed E-state index contributed by atoms with van der Waals surface area (Å²) in [6.07, 6.45) is 1.11. The van der Waals surface area contributed by atoms with Gasteiger partial charge in [-0.15, -0.1) is 0 Å². The summed E-state index contributed by atoms with van der Waals surface area (Å²) in [5.74, 6) is -0.453. The summed E-state index contributed by atoms with van der Waals surface area (Å²) in [5.41, 5.74) is 1.09. The normalized spacial score (nSPS) is 17.1. The van der Waals surface area contributed by atoms with E-state index in [1.165, 1.54) is 0 Å². The van der Waals surface area contributed by atoms with Crippen LogP contribution in [0.4, 0.5) is 0 Å². The van der Waals surface area contributed by atoms with Crippen molar-refractivity contribution in [2.24, 2.45) is 5.92 Å². The van der Waals surface area contributed by atoms with Crippen LogP contribution in [0.2, 0.25) is 0 Å². The number of rotatable bonds is 5. The van der Waals surface area contributed by atoms with Gasteiger partial charge in [-0.2, -0.15) is 0 Å². The van der Waals surface area contributed by atoms with Gasteiger partial charge in [-0.05, 0) is 43.9 Å². The van der Waals surface area contributed by atoms with E-state index in [2.05, 4.69) is 0 Å². The summed E-state index contributed by atoms with van der Waals surface area (Å²) in [5, 5.41) is 9.01. The van der Waals surface area contributed by atoms with E-state index in [1.54, 1.807) is 4.90 Å². The van der Waals surface area contributed by atoms with Gasteiger partial charge in [0.2, 0.25) is 0 Å². The van der Waals surface area contributed by atoms with Crippen molar-refractivity contribution in [2.45, 2.75) is 39.2 Å². The molecule has 22 heavy (non-hydrogen) atoms. The molecular weight excluding hydrogens is 282 g/mol. The maximum absolute atomic E-state index is 12.5. The molecule has 120 valence electrons. The second-order valence-electron chi connectivity index (χ2n) is 5.77. The minimum atomic E-state index is -0.768. The Bertz CT molecular complexity index is 535. The van der Waals surface area contributed by atoms with E-state index in [0.717, 1.165) is 5.56 Å². The number of aliphatic carboxylic acids is 1. The first-order chi connectivity index (χ1) is 10.5. The van der Waals surface area contributed by atoms with Crippen LogP contribution < -0.4 is 4.74 Å². The van der Waals surface area contributed by atoms with Gasteiger partial charge in [0.25, 0.3) is 5.91 Å². The Morgan fingerprint density at radius 2 is 2.05 bits per heavy atom. The molecule has 1 aromatic carbocycles. The zero-order valence-corrected chi connectivity index (χ0v) is 13.1. The van der Waals surface area contributed by atoms with E-state index in [1.807, 2.05) is 38.1 Å². The number of aryl methyl sites for hydroxylation is 1. The lowest BCUT2D eigenvalue weighted by molar-refractivity contribution is -0.147. The molecule has 1 aromatic rings. The van der Waals surface area contributed by atoms with Crippen LogP contribution in [-0.2, 0) is 9.59 Å². The number of carbonyl (C=O) groups excluding carboxylic acids is 1. The topological polar surface area (TPSA) is 66.8 Å². The van der Waals surface area contributed by atoms with Gasteiger partial charge in [0.05, 0.1) is 5.92 Å². The fourth-order valence-corrected chi connectivity index (χ4v) is 2.71. The Balaban J connectivity index is 1.96. The molecular formula is C17H23NO4. The predicted molar refractivity (Wildman–Crippen MR) is 82.8 cm³/mol. The van der Waals surface area contributed by atoms with Gasteiger partial charge in [-0.25, -0.2) is 0 Å². The molecule has 0 bridgehead atoms. The maximum Gasteiger partial charge on any atom is 0.306 e. The van der Waals surface area contributed by atoms with E-state index in [9.17, 15) is 9.59 Å². The van der Waals surface area contributed by atoms with Gasteiger partial charge < -0.3 is 14.7 Å². The van der Waals surface area contributed by atoms with Crippen molar-refractivity contribution in [1.82, 2.24) is 4.90 Å². The van der Waals surface area contributed by atoms with E-state index in [4.69, 9.17) is 9.84 Å². The number of nitrogens with zero attached hydrogens (tertiary/aromatic N) is 1. The second kappa shape index (κ2) is 7.29. The van der Waals surface area contributed by atoms with Crippen molar-refractivity contribution in [3.8, 4) is 5.75 Å². The van der Waals surface area contributed by atoms with Crippen LogP contribution in [-0.4, -0.2) is 41.1 Å². The lowest BCUT2D eigenvalue weighted by Gasteiger charge is -2.32. The minimum absolute atomic E-state index is 0.0483. The van der Waals surface area contributed by atoms with Gasteiger partial charge >= 0.3 is 5.97 Å². The van der Waals surface area contributed by atoms with Crippen LogP contribution in [0, 0.1) is 12.8 Å². The largest absolute Gasteiger partial charge is 0.481 e. The highest BCUT2D eigenvalue weighted by Crippen LogP contribution is 2.21. The summed E-state index contributed by atoms with van der Waals surface area (Å²) in [4.78, 5) is 25.2. The molecule has 0 aliphatic carbocycles. The van der Waals surface area contributed by atoms with Gasteiger partial charge in [-0.1, -0.05) is 19.1 Å². The third-order valence-electron chi connectivity index (χ3n) is 4.07. The molecule has 1 saturated heterocycles. The summed E-state index contributed by atoms with van der Waals surface area (Å²) in [6, 6.07) is 7.64. The minimum Gasteiger partial charge on any atom is -0.481 e. The molecule has 0 radical (unpaired) electrons. The number of amides is 1. The quantitative estimate of drug-likeness (QED) is 0.907. The van der Waals surface area contributed by atoms with Crippen molar-refractivity contribution in [1.29, 1.82) is 0 Å². The molecule has 1 fully saturated rings. The first-order valence-corrected chi connectivity index (χ1v) is 7.76. The van der Waals surface area contributed by atoms with Crippen LogP contribution in [0.5, 0.6) is 5.75 Å². The SMILES string of the molecule is CC[C@@H](Oc1cccc(C)c1)C(=O)N1CCC(C(=O)O)CC1. The zero-order valence-electron chi connectivity index (χ0n) is 13.1. The summed E-state index contributed by atoms with van der Waals surface area (Å²) >= 11 is 0. The van der Waals surface area contributed by atoms with E-state index < -0.39 is 12.1 Å². The highest BCUT2D eigenvalue weighted by atomic mass is 16.5. The average Bonchev–Trinajstić information content (AvgIpc) is 2.52. The number of hydrogen-bond donors (Lipinski definition) is 1. The van der Waals surface area contributed by atoms with Crippen LogP contribution in [0.1, 0.15) is 31.7 Å². The molecule has 5 nitrogen and oxygen atoms in total.